The van der Waals surface area contributed by atoms with Crippen molar-refractivity contribution in [1.29, 1.82) is 0 Å². The topological polar surface area (TPSA) is 55.4 Å². The third kappa shape index (κ3) is 2.91. The van der Waals surface area contributed by atoms with Gasteiger partial charge in [0.25, 0.3) is 0 Å². The Morgan fingerprint density at radius 2 is 1.67 bits per heavy atom. The van der Waals surface area contributed by atoms with Crippen LogP contribution in [0.3, 0.4) is 0 Å². The number of carbonyl (C=O) groups excluding carboxylic acids is 2. The smallest absolute Gasteiger partial charge is 0.227 e. The highest BCUT2D eigenvalue weighted by Crippen LogP contribution is 2.53. The Morgan fingerprint density at radius 1 is 1.14 bits per heavy atom. The molecule has 0 aliphatic carbocycles. The molecule has 21 heavy (non-hydrogen) atoms. The van der Waals surface area contributed by atoms with Gasteiger partial charge in [-0.05, 0) is 32.6 Å². The Morgan fingerprint density at radius 3 is 2.14 bits per heavy atom. The maximum Gasteiger partial charge on any atom is 0.227 e. The summed E-state index contributed by atoms with van der Waals surface area (Å²) in [7, 11) is 0. The fourth-order valence-corrected chi connectivity index (χ4v) is 3.59. The third-order valence-corrected chi connectivity index (χ3v) is 4.65. The first-order chi connectivity index (χ1) is 9.49. The molecule has 0 aromatic carbocycles. The summed E-state index contributed by atoms with van der Waals surface area (Å²) in [5.74, 6) is -0.899. The predicted octanol–water partition coefficient (Wildman–Crippen LogP) is 2.48. The summed E-state index contributed by atoms with van der Waals surface area (Å²) in [6.07, 6.45) is 4.76. The normalized spacial score (nSPS) is 37.8. The minimum atomic E-state index is -0.670. The fourth-order valence-electron chi connectivity index (χ4n) is 3.59. The van der Waals surface area contributed by atoms with Crippen LogP contribution in [0, 0.1) is 17.3 Å². The first-order valence-corrected chi connectivity index (χ1v) is 7.67. The quantitative estimate of drug-likeness (QED) is 0.810. The van der Waals surface area contributed by atoms with Gasteiger partial charge >= 0.3 is 0 Å². The van der Waals surface area contributed by atoms with Gasteiger partial charge in [-0.25, -0.2) is 0 Å². The van der Waals surface area contributed by atoms with E-state index in [0.29, 0.717) is 6.54 Å². The van der Waals surface area contributed by atoms with Crippen molar-refractivity contribution in [2.24, 2.45) is 17.3 Å². The molecule has 0 spiro atoms. The van der Waals surface area contributed by atoms with Crippen molar-refractivity contribution in [1.82, 2.24) is 5.32 Å². The predicted molar refractivity (Wildman–Crippen MR) is 81.8 cm³/mol. The molecule has 0 saturated carbocycles. The Labute approximate surface area is 127 Å². The molecule has 118 valence electrons. The van der Waals surface area contributed by atoms with E-state index < -0.39 is 23.0 Å². The largest absolute Gasteiger partial charge is 0.359 e. The van der Waals surface area contributed by atoms with Gasteiger partial charge in [0.15, 0.2) is 0 Å². The maximum absolute atomic E-state index is 12.6. The first kappa shape index (κ1) is 16.2. The summed E-state index contributed by atoms with van der Waals surface area (Å²) in [5.41, 5.74) is -1.14. The minimum absolute atomic E-state index is 0.0153. The highest BCUT2D eigenvalue weighted by Gasteiger charge is 2.64. The van der Waals surface area contributed by atoms with E-state index in [2.05, 4.69) is 26.1 Å². The van der Waals surface area contributed by atoms with Gasteiger partial charge in [-0.1, -0.05) is 32.9 Å². The number of nitrogens with one attached hydrogen (secondary N) is 1. The molecule has 4 heteroatoms. The van der Waals surface area contributed by atoms with Gasteiger partial charge in [-0.3, -0.25) is 9.59 Å². The van der Waals surface area contributed by atoms with E-state index in [-0.39, 0.29) is 17.1 Å². The Kier molecular flexibility index (Phi) is 3.81. The van der Waals surface area contributed by atoms with Crippen LogP contribution in [0.1, 0.15) is 48.0 Å². The second kappa shape index (κ2) is 4.94. The van der Waals surface area contributed by atoms with Gasteiger partial charge in [-0.15, -0.1) is 0 Å². The third-order valence-electron chi connectivity index (χ3n) is 4.65. The average molecular weight is 293 g/mol. The average Bonchev–Trinajstić information content (AvgIpc) is 2.72. The summed E-state index contributed by atoms with van der Waals surface area (Å²) < 4.78 is 6.01. The zero-order valence-corrected chi connectivity index (χ0v) is 13.9. The Hall–Kier alpha value is -1.16. The molecule has 2 rings (SSSR count). The van der Waals surface area contributed by atoms with E-state index in [0.717, 1.165) is 6.42 Å². The number of carbonyl (C=O) groups is 2. The van der Waals surface area contributed by atoms with Crippen LogP contribution in [0.4, 0.5) is 0 Å². The Bertz CT molecular complexity index is 491. The van der Waals surface area contributed by atoms with E-state index in [4.69, 9.17) is 4.74 Å². The molecule has 2 bridgehead atoms. The van der Waals surface area contributed by atoms with Crippen LogP contribution >= 0.6 is 0 Å². The molecule has 2 unspecified atom stereocenters. The zero-order valence-electron chi connectivity index (χ0n) is 13.9. The highest BCUT2D eigenvalue weighted by molar-refractivity contribution is 5.91. The molecule has 2 heterocycles. The summed E-state index contributed by atoms with van der Waals surface area (Å²) in [6.45, 7) is 12.4. The molecule has 2 aliphatic rings. The van der Waals surface area contributed by atoms with Gasteiger partial charge in [0.1, 0.15) is 5.78 Å². The molecular weight excluding hydrogens is 266 g/mol. The summed E-state index contributed by atoms with van der Waals surface area (Å²) >= 11 is 0. The van der Waals surface area contributed by atoms with Crippen molar-refractivity contribution in [2.45, 2.75) is 59.2 Å². The molecule has 1 N–H and O–H groups in total. The number of hydrogen-bond donors (Lipinski definition) is 1. The van der Waals surface area contributed by atoms with Crippen molar-refractivity contribution in [3.05, 3.63) is 12.2 Å². The van der Waals surface area contributed by atoms with Crippen molar-refractivity contribution in [3.8, 4) is 0 Å². The lowest BCUT2D eigenvalue weighted by atomic mass is 9.69. The van der Waals surface area contributed by atoms with E-state index in [1.165, 1.54) is 0 Å². The van der Waals surface area contributed by atoms with Crippen molar-refractivity contribution in [3.63, 3.8) is 0 Å². The van der Waals surface area contributed by atoms with E-state index >= 15 is 0 Å². The zero-order chi connectivity index (χ0) is 16.1. The number of Topliss-reactive ketones (excluding diaryl/α,β-unsaturated/α-hetero) is 1. The van der Waals surface area contributed by atoms with Crippen LogP contribution in [0.25, 0.3) is 0 Å². The van der Waals surface area contributed by atoms with Crippen molar-refractivity contribution >= 4 is 11.7 Å². The molecule has 1 amide bonds. The number of rotatable bonds is 4. The summed E-state index contributed by atoms with van der Waals surface area (Å²) in [6, 6.07) is 0. The maximum atomic E-state index is 12.6. The number of ketones is 1. The molecule has 4 nitrogen and oxygen atoms in total. The van der Waals surface area contributed by atoms with Crippen molar-refractivity contribution < 1.29 is 14.3 Å². The van der Waals surface area contributed by atoms with Crippen LogP contribution < -0.4 is 5.32 Å². The Balaban J connectivity index is 2.12. The monoisotopic (exact) mass is 293 g/mol. The molecular formula is C17H27NO3. The van der Waals surface area contributed by atoms with Gasteiger partial charge in [0.2, 0.25) is 5.91 Å². The van der Waals surface area contributed by atoms with Gasteiger partial charge in [-0.2, -0.15) is 0 Å². The first-order valence-electron chi connectivity index (χ1n) is 7.67. The lowest BCUT2D eigenvalue weighted by Gasteiger charge is -2.30. The highest BCUT2D eigenvalue weighted by atomic mass is 16.5. The van der Waals surface area contributed by atoms with E-state index in [1.807, 2.05) is 26.0 Å². The summed E-state index contributed by atoms with van der Waals surface area (Å²) in [4.78, 5) is 24.6. The molecule has 1 saturated heterocycles. The van der Waals surface area contributed by atoms with Crippen LogP contribution in [0.2, 0.25) is 0 Å². The standard InChI is InChI=1S/C17H27NO3/c1-11(19)12-13(14(20)18-10-9-15(2,3)4)17(6)8-7-16(12,5)21-17/h7-8,12-13H,9-10H2,1-6H3,(H,18,20)/t12-,13-,16?,17?/m0/s1. The molecule has 4 atom stereocenters. The fraction of sp³-hybridized carbons (Fsp3) is 0.765. The number of hydrogen-bond acceptors (Lipinski definition) is 3. The van der Waals surface area contributed by atoms with Crippen LogP contribution in [0.5, 0.6) is 0 Å². The van der Waals surface area contributed by atoms with Crippen LogP contribution in [-0.2, 0) is 14.3 Å². The molecule has 0 aromatic heterocycles. The molecule has 0 radical (unpaired) electrons. The SMILES string of the molecule is CC(=O)[C@H]1[C@@H](C(=O)NCCC(C)(C)C)C2(C)C=CC1(C)O2. The van der Waals surface area contributed by atoms with Gasteiger partial charge in [0.05, 0.1) is 23.0 Å². The second-order valence-electron chi connectivity index (χ2n) is 7.97. The van der Waals surface area contributed by atoms with Gasteiger partial charge in [0, 0.05) is 6.54 Å². The molecule has 0 aromatic rings. The number of amides is 1. The van der Waals surface area contributed by atoms with Crippen LogP contribution in [0.15, 0.2) is 12.2 Å². The number of ether oxygens (including phenoxy) is 1. The number of fused-ring (bicyclic) bond motifs is 2. The molecule has 2 aliphatic heterocycles. The lowest BCUT2D eigenvalue weighted by molar-refractivity contribution is -0.133. The van der Waals surface area contributed by atoms with Crippen LogP contribution in [-0.4, -0.2) is 29.4 Å². The molecule has 1 fully saturated rings. The van der Waals surface area contributed by atoms with Gasteiger partial charge < -0.3 is 10.1 Å². The van der Waals surface area contributed by atoms with E-state index in [9.17, 15) is 9.59 Å². The van der Waals surface area contributed by atoms with E-state index in [1.54, 1.807) is 6.92 Å². The summed E-state index contributed by atoms with van der Waals surface area (Å²) in [5, 5.41) is 2.99. The lowest BCUT2D eigenvalue weighted by Crippen LogP contribution is -2.48. The minimum Gasteiger partial charge on any atom is -0.359 e. The van der Waals surface area contributed by atoms with Crippen molar-refractivity contribution in [2.75, 3.05) is 6.54 Å². The second-order valence-corrected chi connectivity index (χ2v) is 7.97.